The molecule has 10 aromatic rings. The maximum absolute atomic E-state index is 14.1. The number of aryl methyl sites for hydroxylation is 2. The summed E-state index contributed by atoms with van der Waals surface area (Å²) in [7, 11) is 0. The molecule has 0 amide bonds. The molecule has 4 nitrogen and oxygen atoms in total. The van der Waals surface area contributed by atoms with E-state index in [4.69, 9.17) is 15.0 Å². The summed E-state index contributed by atoms with van der Waals surface area (Å²) in [6.07, 6.45) is -4.50. The molecule has 10 rings (SSSR count). The molecular formula is C54H37F3N4. The molecule has 0 spiro atoms. The quantitative estimate of drug-likeness (QED) is 0.161. The zero-order valence-corrected chi connectivity index (χ0v) is 33.3. The van der Waals surface area contributed by atoms with Crippen LogP contribution in [0.2, 0.25) is 0 Å². The van der Waals surface area contributed by atoms with Gasteiger partial charge in [-0.2, -0.15) is 13.2 Å². The van der Waals surface area contributed by atoms with Gasteiger partial charge in [0, 0.05) is 38.6 Å². The minimum atomic E-state index is -4.50. The first kappa shape index (κ1) is 37.6. The van der Waals surface area contributed by atoms with Crippen LogP contribution in [0, 0.1) is 13.8 Å². The van der Waals surface area contributed by atoms with E-state index in [9.17, 15) is 13.2 Å². The van der Waals surface area contributed by atoms with Crippen molar-refractivity contribution in [2.45, 2.75) is 20.0 Å². The number of nitrogens with zero attached hydrogens (tertiary/aromatic N) is 4. The molecule has 0 saturated heterocycles. The second-order valence-corrected chi connectivity index (χ2v) is 15.4. The Labute approximate surface area is 351 Å². The van der Waals surface area contributed by atoms with Crippen molar-refractivity contribution < 1.29 is 13.2 Å². The van der Waals surface area contributed by atoms with Crippen LogP contribution in [0.4, 0.5) is 13.2 Å². The van der Waals surface area contributed by atoms with Crippen LogP contribution in [0.5, 0.6) is 0 Å². The van der Waals surface area contributed by atoms with Crippen LogP contribution >= 0.6 is 0 Å². The highest BCUT2D eigenvalue weighted by Crippen LogP contribution is 2.45. The van der Waals surface area contributed by atoms with E-state index in [2.05, 4.69) is 103 Å². The van der Waals surface area contributed by atoms with Gasteiger partial charge in [0.25, 0.3) is 0 Å². The van der Waals surface area contributed by atoms with Crippen molar-refractivity contribution in [2.24, 2.45) is 0 Å². The van der Waals surface area contributed by atoms with E-state index < -0.39 is 11.7 Å². The maximum atomic E-state index is 14.1. The molecule has 7 heteroatoms. The van der Waals surface area contributed by atoms with E-state index in [1.807, 2.05) is 78.9 Å². The average Bonchev–Trinajstić information content (AvgIpc) is 3.62. The Hall–Kier alpha value is -7.64. The Bertz CT molecular complexity index is 3170. The zero-order valence-electron chi connectivity index (χ0n) is 33.3. The molecule has 2 aromatic heterocycles. The number of para-hydroxylation sites is 1. The van der Waals surface area contributed by atoms with Gasteiger partial charge in [0.15, 0.2) is 17.5 Å². The minimum Gasteiger partial charge on any atom is -0.308 e. The van der Waals surface area contributed by atoms with Gasteiger partial charge in [-0.1, -0.05) is 157 Å². The van der Waals surface area contributed by atoms with E-state index >= 15 is 0 Å². The molecule has 2 heterocycles. The van der Waals surface area contributed by atoms with Crippen molar-refractivity contribution in [1.82, 2.24) is 19.5 Å². The van der Waals surface area contributed by atoms with Gasteiger partial charge in [-0.05, 0) is 78.6 Å². The first-order valence-corrected chi connectivity index (χ1v) is 20.1. The van der Waals surface area contributed by atoms with Gasteiger partial charge >= 0.3 is 6.18 Å². The molecule has 0 fully saturated rings. The van der Waals surface area contributed by atoms with Gasteiger partial charge in [-0.3, -0.25) is 0 Å². The Balaban J connectivity index is 1.31. The van der Waals surface area contributed by atoms with Gasteiger partial charge in [0.05, 0.1) is 22.3 Å². The molecule has 61 heavy (non-hydrogen) atoms. The lowest BCUT2D eigenvalue weighted by Gasteiger charge is -2.21. The van der Waals surface area contributed by atoms with Crippen molar-refractivity contribution in [3.8, 4) is 73.2 Å². The minimum absolute atomic E-state index is 0.436. The highest BCUT2D eigenvalue weighted by Gasteiger charge is 2.30. The third-order valence-corrected chi connectivity index (χ3v) is 11.2. The molecule has 8 aromatic carbocycles. The number of halogens is 3. The zero-order chi connectivity index (χ0) is 41.7. The first-order chi connectivity index (χ1) is 29.7. The number of hydrogen-bond acceptors (Lipinski definition) is 3. The molecule has 0 saturated carbocycles. The summed E-state index contributed by atoms with van der Waals surface area (Å²) < 4.78 is 44.5. The molecule has 0 aliphatic rings. The molecule has 0 atom stereocenters. The topological polar surface area (TPSA) is 43.6 Å². The standard InChI is InChI=1S/C54H37F3N4/c1-34-20-22-36(23-21-34)45-32-42(53-59-51(38-13-5-3-6-14-38)58-52(60-53)39-15-7-4-8-16-39)33-46(37-24-27-43(28-25-37)54(55,56)57)50(45)61-48-19-10-9-18-44(48)47-31-41(26-29-49(47)61)40-17-11-12-35(2)30-40/h3-33H,1-2H3. The Morgan fingerprint density at radius 1 is 0.377 bits per heavy atom. The van der Waals surface area contributed by atoms with Crippen LogP contribution < -0.4 is 0 Å². The molecule has 0 N–H and O–H groups in total. The molecule has 0 aliphatic carbocycles. The predicted molar refractivity (Wildman–Crippen MR) is 241 cm³/mol. The van der Waals surface area contributed by atoms with E-state index in [1.54, 1.807) is 12.1 Å². The number of alkyl halides is 3. The summed E-state index contributed by atoms with van der Waals surface area (Å²) in [6, 6.07) is 60.8. The van der Waals surface area contributed by atoms with Crippen molar-refractivity contribution in [3.63, 3.8) is 0 Å². The van der Waals surface area contributed by atoms with E-state index in [-0.39, 0.29) is 0 Å². The van der Waals surface area contributed by atoms with Gasteiger partial charge in [0.2, 0.25) is 0 Å². The SMILES string of the molecule is Cc1ccc(-c2cc(-c3nc(-c4ccccc4)nc(-c4ccccc4)n3)cc(-c3ccc(C(F)(F)F)cc3)c2-n2c3ccccc3c3cc(-c4cccc(C)c4)ccc32)cc1. The van der Waals surface area contributed by atoms with Crippen LogP contribution in [0.3, 0.4) is 0 Å². The largest absolute Gasteiger partial charge is 0.416 e. The Kier molecular flexibility index (Phi) is 9.37. The second kappa shape index (κ2) is 15.2. The lowest BCUT2D eigenvalue weighted by molar-refractivity contribution is -0.137. The summed E-state index contributed by atoms with van der Waals surface area (Å²) >= 11 is 0. The van der Waals surface area contributed by atoms with Crippen LogP contribution in [0.1, 0.15) is 16.7 Å². The van der Waals surface area contributed by atoms with Crippen molar-refractivity contribution in [3.05, 3.63) is 205 Å². The lowest BCUT2D eigenvalue weighted by Crippen LogP contribution is -2.05. The number of fused-ring (bicyclic) bond motifs is 3. The van der Waals surface area contributed by atoms with Gasteiger partial charge in [0.1, 0.15) is 0 Å². The van der Waals surface area contributed by atoms with Crippen LogP contribution in [-0.4, -0.2) is 19.5 Å². The number of aromatic nitrogens is 4. The summed E-state index contributed by atoms with van der Waals surface area (Å²) in [5.74, 6) is 1.45. The molecule has 294 valence electrons. The van der Waals surface area contributed by atoms with E-state index in [0.29, 0.717) is 28.6 Å². The van der Waals surface area contributed by atoms with Crippen molar-refractivity contribution in [2.75, 3.05) is 0 Å². The predicted octanol–water partition coefficient (Wildman–Crippen LogP) is 14.6. The molecule has 0 radical (unpaired) electrons. The van der Waals surface area contributed by atoms with Crippen LogP contribution in [-0.2, 0) is 6.18 Å². The number of hydrogen-bond donors (Lipinski definition) is 0. The van der Waals surface area contributed by atoms with Crippen LogP contribution in [0.25, 0.3) is 95.0 Å². The van der Waals surface area contributed by atoms with Gasteiger partial charge < -0.3 is 4.57 Å². The Morgan fingerprint density at radius 2 is 0.869 bits per heavy atom. The molecule has 0 aliphatic heterocycles. The fourth-order valence-electron chi connectivity index (χ4n) is 8.17. The maximum Gasteiger partial charge on any atom is 0.416 e. The molecule has 0 unspecified atom stereocenters. The van der Waals surface area contributed by atoms with Crippen LogP contribution in [0.15, 0.2) is 188 Å². The summed E-state index contributed by atoms with van der Waals surface area (Å²) in [4.78, 5) is 15.1. The summed E-state index contributed by atoms with van der Waals surface area (Å²) in [5, 5.41) is 2.12. The van der Waals surface area contributed by atoms with E-state index in [0.717, 1.165) is 84.1 Å². The normalized spacial score (nSPS) is 11.7. The Morgan fingerprint density at radius 3 is 1.46 bits per heavy atom. The fourth-order valence-corrected chi connectivity index (χ4v) is 8.17. The lowest BCUT2D eigenvalue weighted by atomic mass is 9.91. The van der Waals surface area contributed by atoms with Gasteiger partial charge in [-0.15, -0.1) is 0 Å². The fraction of sp³-hybridized carbons (Fsp3) is 0.0556. The van der Waals surface area contributed by atoms with Crippen molar-refractivity contribution in [1.29, 1.82) is 0 Å². The van der Waals surface area contributed by atoms with E-state index in [1.165, 1.54) is 5.56 Å². The second-order valence-electron chi connectivity index (χ2n) is 15.4. The van der Waals surface area contributed by atoms with Gasteiger partial charge in [-0.25, -0.2) is 15.0 Å². The molecular weight excluding hydrogens is 762 g/mol. The molecule has 0 bridgehead atoms. The number of benzene rings is 8. The third kappa shape index (κ3) is 7.14. The monoisotopic (exact) mass is 798 g/mol. The summed E-state index contributed by atoms with van der Waals surface area (Å²) in [5.41, 5.74) is 12.0. The smallest absolute Gasteiger partial charge is 0.308 e. The first-order valence-electron chi connectivity index (χ1n) is 20.1. The summed E-state index contributed by atoms with van der Waals surface area (Å²) in [6.45, 7) is 4.14. The average molecular weight is 799 g/mol. The highest BCUT2D eigenvalue weighted by molar-refractivity contribution is 6.12. The van der Waals surface area contributed by atoms with Crippen molar-refractivity contribution >= 4 is 21.8 Å². The third-order valence-electron chi connectivity index (χ3n) is 11.2. The highest BCUT2D eigenvalue weighted by atomic mass is 19.4. The number of rotatable bonds is 7.